The predicted molar refractivity (Wildman–Crippen MR) is 111 cm³/mol. The second-order valence-electron chi connectivity index (χ2n) is 7.60. The normalized spacial score (nSPS) is 14.9. The molecule has 0 unspecified atom stereocenters. The van der Waals surface area contributed by atoms with E-state index in [2.05, 4.69) is 32.4 Å². The molecule has 1 aromatic carbocycles. The number of aromatic amines is 2. The smallest absolute Gasteiger partial charge is 0.256 e. The number of nitrogens with zero attached hydrogens (tertiary/aromatic N) is 2. The zero-order chi connectivity index (χ0) is 20.2. The number of rotatable bonds is 4. The van der Waals surface area contributed by atoms with Crippen molar-refractivity contribution < 1.29 is 4.39 Å². The quantitative estimate of drug-likeness (QED) is 0.447. The summed E-state index contributed by atoms with van der Waals surface area (Å²) < 4.78 is 14.5. The Morgan fingerprint density at radius 1 is 1.17 bits per heavy atom. The monoisotopic (exact) mass is 409 g/mol. The van der Waals surface area contributed by atoms with Crippen LogP contribution in [0.25, 0.3) is 22.2 Å². The number of halogens is 2. The first-order valence-corrected chi connectivity index (χ1v) is 9.61. The van der Waals surface area contributed by atoms with E-state index < -0.39 is 5.82 Å². The minimum atomic E-state index is -0.502. The summed E-state index contributed by atoms with van der Waals surface area (Å²) in [6, 6.07) is 7.71. The summed E-state index contributed by atoms with van der Waals surface area (Å²) in [5, 5.41) is 11.5. The van der Waals surface area contributed by atoms with Gasteiger partial charge in [0.05, 0.1) is 28.5 Å². The highest BCUT2D eigenvalue weighted by molar-refractivity contribution is 6.30. The fourth-order valence-electron chi connectivity index (χ4n) is 3.55. The van der Waals surface area contributed by atoms with Crippen LogP contribution in [0.3, 0.4) is 0 Å². The van der Waals surface area contributed by atoms with Gasteiger partial charge in [-0.2, -0.15) is 5.10 Å². The third kappa shape index (κ3) is 3.07. The molecule has 3 heterocycles. The molecular weight excluding hydrogens is 393 g/mol. The van der Waals surface area contributed by atoms with Crippen molar-refractivity contribution in [3.8, 4) is 11.1 Å². The molecule has 0 bridgehead atoms. The Bertz CT molecular complexity index is 1310. The highest BCUT2D eigenvalue weighted by Crippen LogP contribution is 2.49. The topological polar surface area (TPSA) is 86.5 Å². The number of nitrogens with one attached hydrogen (secondary N) is 3. The molecule has 1 aliphatic carbocycles. The molecule has 0 atom stereocenters. The van der Waals surface area contributed by atoms with E-state index in [9.17, 15) is 9.18 Å². The Kier molecular flexibility index (Phi) is 3.96. The maximum absolute atomic E-state index is 14.5. The lowest BCUT2D eigenvalue weighted by molar-refractivity contribution is 0.631. The third-order valence-electron chi connectivity index (χ3n) is 5.49. The van der Waals surface area contributed by atoms with Gasteiger partial charge in [-0.3, -0.25) is 9.89 Å². The summed E-state index contributed by atoms with van der Waals surface area (Å²) in [4.78, 5) is 20.1. The van der Waals surface area contributed by atoms with Crippen LogP contribution in [-0.4, -0.2) is 20.2 Å². The van der Waals surface area contributed by atoms with Crippen molar-refractivity contribution >= 4 is 34.0 Å². The van der Waals surface area contributed by atoms with Crippen molar-refractivity contribution in [2.45, 2.75) is 25.2 Å². The molecule has 0 amide bonds. The van der Waals surface area contributed by atoms with Gasteiger partial charge in [-0.05, 0) is 43.2 Å². The zero-order valence-electron chi connectivity index (χ0n) is 15.5. The molecule has 0 spiro atoms. The van der Waals surface area contributed by atoms with Crippen LogP contribution in [0.5, 0.6) is 0 Å². The van der Waals surface area contributed by atoms with Crippen LogP contribution in [0.4, 0.5) is 15.8 Å². The van der Waals surface area contributed by atoms with E-state index in [0.717, 1.165) is 29.6 Å². The first kappa shape index (κ1) is 17.9. The molecule has 29 heavy (non-hydrogen) atoms. The number of hydrogen-bond acceptors (Lipinski definition) is 4. The minimum Gasteiger partial charge on any atom is -0.353 e. The second-order valence-corrected chi connectivity index (χ2v) is 8.04. The molecular formula is C21H17ClFN5O. The number of hydrogen-bond donors (Lipinski definition) is 3. The average Bonchev–Trinajstić information content (AvgIpc) is 3.25. The van der Waals surface area contributed by atoms with Crippen molar-refractivity contribution in [1.82, 2.24) is 20.2 Å². The van der Waals surface area contributed by atoms with Crippen LogP contribution < -0.4 is 10.9 Å². The van der Waals surface area contributed by atoms with E-state index in [1.54, 1.807) is 18.5 Å². The summed E-state index contributed by atoms with van der Waals surface area (Å²) in [7, 11) is 0. The standard InChI is InChI=1S/C21H17ClFN5O/c1-21(5-6-21)18-17(26-16-4-7-24-19-14(16)10-25-28-19)9-13(20(29)27-18)12-8-11(22)2-3-15(12)23/h2-4,7-10H,5-6H2,1H3,(H,27,29)(H2,24,25,26,28). The Morgan fingerprint density at radius 2 is 2.00 bits per heavy atom. The van der Waals surface area contributed by atoms with Gasteiger partial charge in [0.25, 0.3) is 5.56 Å². The van der Waals surface area contributed by atoms with Crippen molar-refractivity contribution in [3.05, 3.63) is 69.6 Å². The SMILES string of the molecule is CC1(c2[nH]c(=O)c(-c3cc(Cl)ccc3F)cc2Nc2ccnc3[nH]ncc23)CC1. The van der Waals surface area contributed by atoms with Gasteiger partial charge in [-0.1, -0.05) is 18.5 Å². The Balaban J connectivity index is 1.70. The summed E-state index contributed by atoms with van der Waals surface area (Å²) in [5.74, 6) is -0.502. The minimum absolute atomic E-state index is 0.116. The summed E-state index contributed by atoms with van der Waals surface area (Å²) >= 11 is 6.04. The maximum atomic E-state index is 14.5. The lowest BCUT2D eigenvalue weighted by Crippen LogP contribution is -2.18. The molecule has 146 valence electrons. The van der Waals surface area contributed by atoms with Gasteiger partial charge in [-0.25, -0.2) is 9.37 Å². The number of anilines is 2. The van der Waals surface area contributed by atoms with Gasteiger partial charge in [0.1, 0.15) is 5.82 Å². The van der Waals surface area contributed by atoms with Crippen LogP contribution in [0.1, 0.15) is 25.5 Å². The van der Waals surface area contributed by atoms with Gasteiger partial charge in [-0.15, -0.1) is 0 Å². The van der Waals surface area contributed by atoms with Gasteiger partial charge in [0.15, 0.2) is 5.65 Å². The molecule has 0 aliphatic heterocycles. The van der Waals surface area contributed by atoms with Gasteiger partial charge < -0.3 is 10.3 Å². The van der Waals surface area contributed by atoms with Crippen molar-refractivity contribution in [2.24, 2.45) is 0 Å². The number of H-pyrrole nitrogens is 2. The molecule has 8 heteroatoms. The molecule has 1 aliphatic rings. The summed E-state index contributed by atoms with van der Waals surface area (Å²) in [6.07, 6.45) is 5.30. The molecule has 6 nitrogen and oxygen atoms in total. The first-order chi connectivity index (χ1) is 13.9. The highest BCUT2D eigenvalue weighted by Gasteiger charge is 2.42. The zero-order valence-corrected chi connectivity index (χ0v) is 16.3. The Morgan fingerprint density at radius 3 is 2.79 bits per heavy atom. The van der Waals surface area contributed by atoms with E-state index in [-0.39, 0.29) is 22.1 Å². The predicted octanol–water partition coefficient (Wildman–Crippen LogP) is 4.90. The molecule has 3 aromatic heterocycles. The van der Waals surface area contributed by atoms with Crippen LogP contribution in [0, 0.1) is 5.82 Å². The largest absolute Gasteiger partial charge is 0.353 e. The molecule has 3 N–H and O–H groups in total. The molecule has 0 radical (unpaired) electrons. The lowest BCUT2D eigenvalue weighted by Gasteiger charge is -2.18. The van der Waals surface area contributed by atoms with Crippen molar-refractivity contribution in [1.29, 1.82) is 0 Å². The first-order valence-electron chi connectivity index (χ1n) is 9.23. The van der Waals surface area contributed by atoms with E-state index >= 15 is 0 Å². The highest BCUT2D eigenvalue weighted by atomic mass is 35.5. The van der Waals surface area contributed by atoms with Gasteiger partial charge >= 0.3 is 0 Å². The van der Waals surface area contributed by atoms with Crippen LogP contribution in [0.2, 0.25) is 5.02 Å². The van der Waals surface area contributed by atoms with Crippen molar-refractivity contribution in [3.63, 3.8) is 0 Å². The van der Waals surface area contributed by atoms with Gasteiger partial charge in [0, 0.05) is 27.9 Å². The Labute approximate surface area is 170 Å². The van der Waals surface area contributed by atoms with E-state index in [1.165, 1.54) is 18.2 Å². The van der Waals surface area contributed by atoms with Crippen LogP contribution >= 0.6 is 11.6 Å². The fourth-order valence-corrected chi connectivity index (χ4v) is 3.72. The lowest BCUT2D eigenvalue weighted by atomic mass is 9.99. The molecule has 0 saturated heterocycles. The number of benzene rings is 1. The second kappa shape index (κ2) is 6.42. The summed E-state index contributed by atoms with van der Waals surface area (Å²) in [5.41, 5.74) is 2.89. The number of aromatic nitrogens is 4. The van der Waals surface area contributed by atoms with Gasteiger partial charge in [0.2, 0.25) is 0 Å². The Hall–Kier alpha value is -3.19. The molecule has 4 aromatic rings. The van der Waals surface area contributed by atoms with Crippen LogP contribution in [0.15, 0.2) is 47.5 Å². The average molecular weight is 410 g/mol. The fraction of sp³-hybridized carbons (Fsp3) is 0.190. The maximum Gasteiger partial charge on any atom is 0.256 e. The third-order valence-corrected chi connectivity index (χ3v) is 5.72. The number of fused-ring (bicyclic) bond motifs is 1. The molecule has 1 fully saturated rings. The van der Waals surface area contributed by atoms with Crippen LogP contribution in [-0.2, 0) is 5.41 Å². The molecule has 1 saturated carbocycles. The van der Waals surface area contributed by atoms with Crippen molar-refractivity contribution in [2.75, 3.05) is 5.32 Å². The van der Waals surface area contributed by atoms with E-state index in [1.807, 2.05) is 6.07 Å². The van der Waals surface area contributed by atoms with E-state index in [4.69, 9.17) is 11.6 Å². The number of pyridine rings is 2. The molecule has 5 rings (SSSR count). The van der Waals surface area contributed by atoms with E-state index in [0.29, 0.717) is 16.4 Å². The summed E-state index contributed by atoms with van der Waals surface area (Å²) in [6.45, 7) is 2.10.